The summed E-state index contributed by atoms with van der Waals surface area (Å²) < 4.78 is 5.32. The summed E-state index contributed by atoms with van der Waals surface area (Å²) in [6, 6.07) is 5.07. The van der Waals surface area contributed by atoms with Gasteiger partial charge in [0.25, 0.3) is 11.8 Å². The summed E-state index contributed by atoms with van der Waals surface area (Å²) in [7, 11) is 0. The highest BCUT2D eigenvalue weighted by Crippen LogP contribution is 2.34. The van der Waals surface area contributed by atoms with Crippen LogP contribution in [0.2, 0.25) is 0 Å². The van der Waals surface area contributed by atoms with E-state index in [0.29, 0.717) is 30.5 Å². The summed E-state index contributed by atoms with van der Waals surface area (Å²) in [5, 5.41) is 15.3. The van der Waals surface area contributed by atoms with Gasteiger partial charge in [0.1, 0.15) is 11.7 Å². The molecule has 1 aromatic heterocycles. The molecule has 0 radical (unpaired) electrons. The maximum Gasteiger partial charge on any atom is 0.335 e. The predicted molar refractivity (Wildman–Crippen MR) is 111 cm³/mol. The van der Waals surface area contributed by atoms with Gasteiger partial charge in [0.15, 0.2) is 0 Å². The van der Waals surface area contributed by atoms with Crippen molar-refractivity contribution in [2.75, 3.05) is 6.54 Å². The zero-order valence-electron chi connectivity index (χ0n) is 17.8. The topological polar surface area (TPSA) is 163 Å². The van der Waals surface area contributed by atoms with Crippen LogP contribution in [0.25, 0.3) is 11.4 Å². The fraction of sp³-hybridized carbons (Fsp3) is 0.318. The van der Waals surface area contributed by atoms with Gasteiger partial charge < -0.3 is 14.5 Å². The van der Waals surface area contributed by atoms with Gasteiger partial charge in [0.2, 0.25) is 23.5 Å². The van der Waals surface area contributed by atoms with Crippen LogP contribution in [0.15, 0.2) is 40.1 Å². The molecule has 0 spiro atoms. The minimum atomic E-state index is -1.08. The largest absolute Gasteiger partial charge is 0.478 e. The summed E-state index contributed by atoms with van der Waals surface area (Å²) in [6.45, 7) is 0.528. The van der Waals surface area contributed by atoms with Gasteiger partial charge >= 0.3 is 5.97 Å². The van der Waals surface area contributed by atoms with Gasteiger partial charge in [-0.25, -0.2) is 4.79 Å². The number of nitrogens with zero attached hydrogens (tertiary/aromatic N) is 4. The van der Waals surface area contributed by atoms with Gasteiger partial charge in [-0.2, -0.15) is 4.98 Å². The summed E-state index contributed by atoms with van der Waals surface area (Å²) in [6.07, 6.45) is 1.15. The van der Waals surface area contributed by atoms with Crippen LogP contribution in [0.3, 0.4) is 0 Å². The highest BCUT2D eigenvalue weighted by atomic mass is 16.5. The van der Waals surface area contributed by atoms with Gasteiger partial charge in [0, 0.05) is 24.1 Å². The first-order valence-corrected chi connectivity index (χ1v) is 10.7. The Morgan fingerprint density at radius 2 is 2.00 bits per heavy atom. The molecule has 12 nitrogen and oxygen atoms in total. The molecule has 1 saturated heterocycles. The highest BCUT2D eigenvalue weighted by Gasteiger charge is 2.48. The van der Waals surface area contributed by atoms with Crippen molar-refractivity contribution in [3.05, 3.63) is 47.0 Å². The Labute approximate surface area is 192 Å². The first-order valence-electron chi connectivity index (χ1n) is 10.7. The lowest BCUT2D eigenvalue weighted by molar-refractivity contribution is -0.150. The van der Waals surface area contributed by atoms with Gasteiger partial charge in [-0.15, -0.1) is 0 Å². The zero-order chi connectivity index (χ0) is 24.0. The van der Waals surface area contributed by atoms with Crippen LogP contribution in [0, 0.1) is 0 Å². The Kier molecular flexibility index (Phi) is 5.19. The molecule has 174 valence electrons. The number of rotatable bonds is 5. The molecule has 0 saturated carbocycles. The fourth-order valence-corrected chi connectivity index (χ4v) is 4.45. The van der Waals surface area contributed by atoms with Gasteiger partial charge in [0.05, 0.1) is 12.1 Å². The maximum absolute atomic E-state index is 13.2. The monoisotopic (exact) mass is 465 g/mol. The molecule has 0 bridgehead atoms. The normalized spacial score (nSPS) is 20.6. The molecular formula is C22H19N5O7. The molecule has 1 fully saturated rings. The Bertz CT molecular complexity index is 1280. The number of benzene rings is 1. The number of imide groups is 2. The first-order chi connectivity index (χ1) is 16.3. The number of piperidine rings is 1. The van der Waals surface area contributed by atoms with Crippen LogP contribution < -0.4 is 5.32 Å². The number of nitrogens with one attached hydrogen (secondary N) is 1. The molecule has 12 heteroatoms. The minimum absolute atomic E-state index is 0.0513. The van der Waals surface area contributed by atoms with E-state index in [4.69, 9.17) is 4.52 Å². The van der Waals surface area contributed by atoms with Crippen molar-refractivity contribution >= 4 is 29.6 Å². The number of hydrogen-bond acceptors (Lipinski definition) is 9. The molecule has 5 rings (SSSR count). The molecule has 1 unspecified atom stereocenters. The van der Waals surface area contributed by atoms with Crippen LogP contribution in [0.5, 0.6) is 0 Å². The SMILES string of the molecule is O=C1CCC(N2C(=O)C3=C(C2=O)N(Cc2nc(-c4cccc(C(=O)O)c4)no2)CCC3)C(=O)N1. The number of hydrogen-bond donors (Lipinski definition) is 2. The molecule has 4 amide bonds. The van der Waals surface area contributed by atoms with Crippen molar-refractivity contribution in [2.24, 2.45) is 0 Å². The molecule has 2 aromatic rings. The summed E-state index contributed by atoms with van der Waals surface area (Å²) in [5.41, 5.74) is 1.08. The van der Waals surface area contributed by atoms with Crippen molar-refractivity contribution < 1.29 is 33.6 Å². The predicted octanol–water partition coefficient (Wildman–Crippen LogP) is 0.459. The Morgan fingerprint density at radius 3 is 2.76 bits per heavy atom. The van der Waals surface area contributed by atoms with Crippen LogP contribution in [0.1, 0.15) is 41.9 Å². The van der Waals surface area contributed by atoms with Crippen LogP contribution in [-0.4, -0.2) is 67.2 Å². The van der Waals surface area contributed by atoms with Gasteiger partial charge in [-0.3, -0.25) is 29.4 Å². The highest BCUT2D eigenvalue weighted by molar-refractivity contribution is 6.21. The van der Waals surface area contributed by atoms with Crippen molar-refractivity contribution in [1.82, 2.24) is 25.3 Å². The fourth-order valence-electron chi connectivity index (χ4n) is 4.45. The summed E-state index contributed by atoms with van der Waals surface area (Å²) in [5.74, 6) is -2.88. The third-order valence-corrected chi connectivity index (χ3v) is 6.04. The average molecular weight is 465 g/mol. The average Bonchev–Trinajstić information content (AvgIpc) is 3.38. The second-order valence-corrected chi connectivity index (χ2v) is 8.20. The number of carboxylic acids is 1. The van der Waals surface area contributed by atoms with Crippen molar-refractivity contribution in [3.8, 4) is 11.4 Å². The molecule has 3 aliphatic rings. The molecule has 1 atom stereocenters. The van der Waals surface area contributed by atoms with Crippen molar-refractivity contribution in [2.45, 2.75) is 38.3 Å². The lowest BCUT2D eigenvalue weighted by Gasteiger charge is -2.29. The molecule has 34 heavy (non-hydrogen) atoms. The van der Waals surface area contributed by atoms with E-state index < -0.39 is 35.6 Å². The number of carbonyl (C=O) groups excluding carboxylic acids is 4. The molecular weight excluding hydrogens is 446 g/mol. The molecule has 2 N–H and O–H groups in total. The van der Waals surface area contributed by atoms with E-state index in [9.17, 15) is 29.1 Å². The van der Waals surface area contributed by atoms with Crippen molar-refractivity contribution in [1.29, 1.82) is 0 Å². The van der Waals surface area contributed by atoms with Crippen LogP contribution >= 0.6 is 0 Å². The summed E-state index contributed by atoms with van der Waals surface area (Å²) in [4.78, 5) is 68.1. The van der Waals surface area contributed by atoms with E-state index in [-0.39, 0.29) is 42.4 Å². The van der Waals surface area contributed by atoms with Gasteiger partial charge in [-0.1, -0.05) is 17.3 Å². The second-order valence-electron chi connectivity index (χ2n) is 8.20. The van der Waals surface area contributed by atoms with E-state index in [0.717, 1.165) is 4.90 Å². The number of amides is 4. The van der Waals surface area contributed by atoms with E-state index in [1.54, 1.807) is 17.0 Å². The lowest BCUT2D eigenvalue weighted by atomic mass is 10.0. The van der Waals surface area contributed by atoms with E-state index in [1.165, 1.54) is 12.1 Å². The maximum atomic E-state index is 13.2. The standard InChI is InChI=1S/C22H19N5O7/c28-15-7-6-14(19(29)23-15)27-20(30)13-5-2-8-26(17(13)21(27)31)10-16-24-18(25-34-16)11-3-1-4-12(9-11)22(32)33/h1,3-4,9,14H,2,5-8,10H2,(H,32,33)(H,23,28,29). The Hall–Kier alpha value is -4.35. The van der Waals surface area contributed by atoms with E-state index >= 15 is 0 Å². The number of aromatic carboxylic acids is 1. The third-order valence-electron chi connectivity index (χ3n) is 6.04. The molecule has 0 aliphatic carbocycles. The Balaban J connectivity index is 1.37. The summed E-state index contributed by atoms with van der Waals surface area (Å²) >= 11 is 0. The molecule has 3 aliphatic heterocycles. The zero-order valence-corrected chi connectivity index (χ0v) is 17.8. The number of carboxylic acid groups (broad SMARTS) is 1. The number of carbonyl (C=O) groups is 5. The van der Waals surface area contributed by atoms with E-state index in [2.05, 4.69) is 15.5 Å². The first kappa shape index (κ1) is 21.5. The number of aromatic nitrogens is 2. The Morgan fingerprint density at radius 1 is 1.18 bits per heavy atom. The lowest BCUT2D eigenvalue weighted by Crippen LogP contribution is -2.55. The van der Waals surface area contributed by atoms with Crippen LogP contribution in [-0.2, 0) is 25.7 Å². The molecule has 1 aromatic carbocycles. The second kappa shape index (κ2) is 8.21. The third kappa shape index (κ3) is 3.62. The molecule has 4 heterocycles. The van der Waals surface area contributed by atoms with Crippen molar-refractivity contribution in [3.63, 3.8) is 0 Å². The smallest absolute Gasteiger partial charge is 0.335 e. The van der Waals surface area contributed by atoms with Gasteiger partial charge in [-0.05, 0) is 31.4 Å². The minimum Gasteiger partial charge on any atom is -0.478 e. The quantitative estimate of drug-likeness (QED) is 0.593. The van der Waals surface area contributed by atoms with E-state index in [1.807, 2.05) is 0 Å². The van der Waals surface area contributed by atoms with Crippen LogP contribution in [0.4, 0.5) is 0 Å².